The third-order valence-electron chi connectivity index (χ3n) is 2.79. The number of ether oxygens (including phenoxy) is 1. The third-order valence-corrected chi connectivity index (χ3v) is 3.48. The Morgan fingerprint density at radius 2 is 2.06 bits per heavy atom. The van der Waals surface area contributed by atoms with Crippen molar-refractivity contribution in [2.24, 2.45) is 5.92 Å². The van der Waals surface area contributed by atoms with Gasteiger partial charge < -0.3 is 4.74 Å². The van der Waals surface area contributed by atoms with Gasteiger partial charge in [0.15, 0.2) is 5.78 Å². The molecule has 0 atom stereocenters. The first kappa shape index (κ1) is 11.7. The summed E-state index contributed by atoms with van der Waals surface area (Å²) >= 11 is 3.28. The summed E-state index contributed by atoms with van der Waals surface area (Å²) in [5.41, 5.74) is 0.437. The van der Waals surface area contributed by atoms with Gasteiger partial charge in [0.1, 0.15) is 5.82 Å². The maximum atomic E-state index is 13.1. The molecule has 0 N–H and O–H groups in total. The van der Waals surface area contributed by atoms with Crippen LogP contribution in [0.5, 0.6) is 0 Å². The number of carbonyl (C=O) groups is 1. The molecule has 2 rings (SSSR count). The molecule has 0 bridgehead atoms. The van der Waals surface area contributed by atoms with Gasteiger partial charge >= 0.3 is 0 Å². The minimum absolute atomic E-state index is 0.00896. The van der Waals surface area contributed by atoms with E-state index in [2.05, 4.69) is 15.9 Å². The molecule has 0 aliphatic carbocycles. The van der Waals surface area contributed by atoms with E-state index in [1.165, 1.54) is 12.1 Å². The monoisotopic (exact) mass is 286 g/mol. The lowest BCUT2D eigenvalue weighted by Crippen LogP contribution is -2.23. The Kier molecular flexibility index (Phi) is 3.71. The Morgan fingerprint density at radius 3 is 2.75 bits per heavy atom. The van der Waals surface area contributed by atoms with Gasteiger partial charge in [-0.3, -0.25) is 4.79 Å². The number of rotatable bonds is 2. The first-order valence-electron chi connectivity index (χ1n) is 5.25. The van der Waals surface area contributed by atoms with Crippen molar-refractivity contribution in [3.05, 3.63) is 34.1 Å². The largest absolute Gasteiger partial charge is 0.381 e. The Hall–Kier alpha value is -0.740. The van der Waals surface area contributed by atoms with Crippen molar-refractivity contribution >= 4 is 21.7 Å². The van der Waals surface area contributed by atoms with Gasteiger partial charge in [0, 0.05) is 29.2 Å². The van der Waals surface area contributed by atoms with Crippen LogP contribution in [0.25, 0.3) is 0 Å². The molecule has 4 heteroatoms. The highest BCUT2D eigenvalue weighted by Crippen LogP contribution is 2.25. The van der Waals surface area contributed by atoms with E-state index in [-0.39, 0.29) is 17.5 Å². The number of carbonyl (C=O) groups excluding carboxylic acids is 1. The molecule has 1 aromatic rings. The van der Waals surface area contributed by atoms with E-state index >= 15 is 0 Å². The molecule has 1 saturated heterocycles. The molecule has 0 spiro atoms. The van der Waals surface area contributed by atoms with E-state index in [1.807, 2.05) is 0 Å². The van der Waals surface area contributed by atoms with Crippen molar-refractivity contribution in [2.45, 2.75) is 12.8 Å². The molecule has 1 aliphatic heterocycles. The van der Waals surface area contributed by atoms with Crippen LogP contribution in [0.4, 0.5) is 4.39 Å². The second-order valence-electron chi connectivity index (χ2n) is 3.88. The minimum Gasteiger partial charge on any atom is -0.381 e. The molecule has 1 aliphatic rings. The highest BCUT2D eigenvalue weighted by Gasteiger charge is 2.24. The van der Waals surface area contributed by atoms with Crippen LogP contribution in [0, 0.1) is 11.7 Å². The number of hydrogen-bond donors (Lipinski definition) is 0. The first-order valence-corrected chi connectivity index (χ1v) is 6.05. The summed E-state index contributed by atoms with van der Waals surface area (Å²) in [6, 6.07) is 4.20. The van der Waals surface area contributed by atoms with E-state index in [4.69, 9.17) is 4.74 Å². The lowest BCUT2D eigenvalue weighted by molar-refractivity contribution is 0.0544. The fourth-order valence-electron chi connectivity index (χ4n) is 1.87. The number of hydrogen-bond acceptors (Lipinski definition) is 2. The normalized spacial score (nSPS) is 17.4. The molecule has 0 radical (unpaired) electrons. The van der Waals surface area contributed by atoms with E-state index in [9.17, 15) is 9.18 Å². The summed E-state index contributed by atoms with van der Waals surface area (Å²) in [5, 5.41) is 0. The fourth-order valence-corrected chi connectivity index (χ4v) is 2.31. The Bertz CT molecular complexity index is 400. The van der Waals surface area contributed by atoms with Crippen LogP contribution < -0.4 is 0 Å². The molecular formula is C12H12BrFO2. The van der Waals surface area contributed by atoms with E-state index < -0.39 is 0 Å². The van der Waals surface area contributed by atoms with Crippen molar-refractivity contribution in [1.29, 1.82) is 0 Å². The van der Waals surface area contributed by atoms with Crippen LogP contribution >= 0.6 is 15.9 Å². The molecule has 86 valence electrons. The highest BCUT2D eigenvalue weighted by atomic mass is 79.9. The summed E-state index contributed by atoms with van der Waals surface area (Å²) in [6.07, 6.45) is 1.45. The molecule has 0 unspecified atom stereocenters. The highest BCUT2D eigenvalue weighted by molar-refractivity contribution is 9.10. The number of halogens is 2. The van der Waals surface area contributed by atoms with Crippen molar-refractivity contribution in [2.75, 3.05) is 13.2 Å². The molecule has 0 aromatic heterocycles. The number of benzene rings is 1. The zero-order valence-electron chi connectivity index (χ0n) is 8.71. The summed E-state index contributed by atoms with van der Waals surface area (Å²) in [5.74, 6) is -0.403. The van der Waals surface area contributed by atoms with Crippen molar-refractivity contribution < 1.29 is 13.9 Å². The van der Waals surface area contributed by atoms with Gasteiger partial charge in [-0.1, -0.05) is 15.9 Å². The summed E-state index contributed by atoms with van der Waals surface area (Å²) in [6.45, 7) is 1.23. The SMILES string of the molecule is O=C(c1cc(F)ccc1Br)C1CCOCC1. The number of ketones is 1. The molecule has 1 fully saturated rings. The van der Waals surface area contributed by atoms with Crippen molar-refractivity contribution in [3.63, 3.8) is 0 Å². The van der Waals surface area contributed by atoms with Gasteiger partial charge in [0.25, 0.3) is 0 Å². The van der Waals surface area contributed by atoms with Crippen LogP contribution in [0.3, 0.4) is 0 Å². The first-order chi connectivity index (χ1) is 7.68. The lowest BCUT2D eigenvalue weighted by atomic mass is 9.91. The maximum Gasteiger partial charge on any atom is 0.167 e. The molecular weight excluding hydrogens is 275 g/mol. The quantitative estimate of drug-likeness (QED) is 0.781. The van der Waals surface area contributed by atoms with E-state index in [1.54, 1.807) is 6.07 Å². The summed E-state index contributed by atoms with van der Waals surface area (Å²) < 4.78 is 18.9. The van der Waals surface area contributed by atoms with Gasteiger partial charge in [0.2, 0.25) is 0 Å². The second-order valence-corrected chi connectivity index (χ2v) is 4.73. The fraction of sp³-hybridized carbons (Fsp3) is 0.417. The van der Waals surface area contributed by atoms with Gasteiger partial charge in [-0.15, -0.1) is 0 Å². The van der Waals surface area contributed by atoms with Crippen LogP contribution in [-0.4, -0.2) is 19.0 Å². The maximum absolute atomic E-state index is 13.1. The molecule has 0 saturated carbocycles. The molecule has 1 heterocycles. The van der Waals surface area contributed by atoms with Gasteiger partial charge in [-0.25, -0.2) is 4.39 Å². The van der Waals surface area contributed by atoms with Crippen LogP contribution in [0.2, 0.25) is 0 Å². The lowest BCUT2D eigenvalue weighted by Gasteiger charge is -2.21. The molecule has 1 aromatic carbocycles. The van der Waals surface area contributed by atoms with Gasteiger partial charge in [0.05, 0.1) is 0 Å². The topological polar surface area (TPSA) is 26.3 Å². The predicted molar refractivity (Wildman–Crippen MR) is 62.0 cm³/mol. The smallest absolute Gasteiger partial charge is 0.167 e. The van der Waals surface area contributed by atoms with Crippen LogP contribution in [0.1, 0.15) is 23.2 Å². The molecule has 16 heavy (non-hydrogen) atoms. The second kappa shape index (κ2) is 5.06. The van der Waals surface area contributed by atoms with Crippen LogP contribution in [-0.2, 0) is 4.74 Å². The molecule has 0 amide bonds. The number of Topliss-reactive ketones (excluding diaryl/α,β-unsaturated/α-hetero) is 1. The van der Waals surface area contributed by atoms with Gasteiger partial charge in [-0.2, -0.15) is 0 Å². The zero-order chi connectivity index (χ0) is 11.5. The zero-order valence-corrected chi connectivity index (χ0v) is 10.3. The average Bonchev–Trinajstić information content (AvgIpc) is 2.32. The Morgan fingerprint density at radius 1 is 1.38 bits per heavy atom. The van der Waals surface area contributed by atoms with Crippen LogP contribution in [0.15, 0.2) is 22.7 Å². The molecule has 2 nitrogen and oxygen atoms in total. The van der Waals surface area contributed by atoms with Crippen molar-refractivity contribution in [1.82, 2.24) is 0 Å². The third kappa shape index (κ3) is 2.50. The van der Waals surface area contributed by atoms with E-state index in [0.29, 0.717) is 23.2 Å². The summed E-state index contributed by atoms with van der Waals surface area (Å²) in [4.78, 5) is 12.1. The Labute approximate surface area is 102 Å². The standard InChI is InChI=1S/C12H12BrFO2/c13-11-2-1-9(14)7-10(11)12(15)8-3-5-16-6-4-8/h1-2,7-8H,3-6H2. The Balaban J connectivity index is 2.22. The summed E-state index contributed by atoms with van der Waals surface area (Å²) in [7, 11) is 0. The van der Waals surface area contributed by atoms with Crippen molar-refractivity contribution in [3.8, 4) is 0 Å². The minimum atomic E-state index is -0.376. The predicted octanol–water partition coefficient (Wildman–Crippen LogP) is 3.20. The average molecular weight is 287 g/mol. The van der Waals surface area contributed by atoms with Gasteiger partial charge in [-0.05, 0) is 31.0 Å². The van der Waals surface area contributed by atoms with E-state index in [0.717, 1.165) is 12.8 Å².